The average molecular weight is 248 g/mol. The van der Waals surface area contributed by atoms with Gasteiger partial charge in [0.1, 0.15) is 0 Å². The van der Waals surface area contributed by atoms with Crippen LogP contribution < -0.4 is 0 Å². The molecule has 0 amide bonds. The van der Waals surface area contributed by atoms with Gasteiger partial charge in [-0.25, -0.2) is 0 Å². The minimum absolute atomic E-state index is 0.206. The molecule has 1 fully saturated rings. The first kappa shape index (κ1) is 10.4. The van der Waals surface area contributed by atoms with Crippen molar-refractivity contribution in [3.63, 3.8) is 0 Å². The zero-order valence-electron chi connectivity index (χ0n) is 8.81. The van der Waals surface area contributed by atoms with Crippen molar-refractivity contribution in [1.29, 1.82) is 0 Å². The second kappa shape index (κ2) is 4.22. The molecule has 0 N–H and O–H groups in total. The Kier molecular flexibility index (Phi) is 2.74. The molecule has 0 spiro atoms. The molecular weight excluding hydrogens is 236 g/mol. The predicted molar refractivity (Wildman–Crippen MR) is 71.6 cm³/mol. The second-order valence-electron chi connectivity index (χ2n) is 4.01. The first-order valence-corrected chi connectivity index (χ1v) is 7.41. The summed E-state index contributed by atoms with van der Waals surface area (Å²) in [6.07, 6.45) is 2.23. The first-order valence-electron chi connectivity index (χ1n) is 5.48. The number of hydrogen-bond acceptors (Lipinski definition) is 3. The maximum absolute atomic E-state index is 12.3. The van der Waals surface area contributed by atoms with Gasteiger partial charge in [0, 0.05) is 21.0 Å². The highest BCUT2D eigenvalue weighted by Gasteiger charge is 2.26. The van der Waals surface area contributed by atoms with Crippen LogP contribution in [0.3, 0.4) is 0 Å². The number of thioether (sulfide) groups is 1. The minimum Gasteiger partial charge on any atom is -0.293 e. The number of fused-ring (bicyclic) bond motifs is 1. The fourth-order valence-electron chi connectivity index (χ4n) is 2.13. The minimum atomic E-state index is 0.206. The zero-order chi connectivity index (χ0) is 11.0. The van der Waals surface area contributed by atoms with Gasteiger partial charge in [0.2, 0.25) is 0 Å². The Morgan fingerprint density at radius 3 is 3.00 bits per heavy atom. The van der Waals surface area contributed by atoms with Crippen LogP contribution in [0.15, 0.2) is 29.6 Å². The summed E-state index contributed by atoms with van der Waals surface area (Å²) in [4.78, 5) is 12.3. The molecule has 16 heavy (non-hydrogen) atoms. The van der Waals surface area contributed by atoms with Gasteiger partial charge in [-0.1, -0.05) is 18.2 Å². The summed E-state index contributed by atoms with van der Waals surface area (Å²) in [6, 6.07) is 8.17. The van der Waals surface area contributed by atoms with E-state index in [0.29, 0.717) is 5.78 Å². The lowest BCUT2D eigenvalue weighted by Gasteiger charge is -2.05. The summed E-state index contributed by atoms with van der Waals surface area (Å²) in [5.74, 6) is 1.47. The van der Waals surface area contributed by atoms with Crippen LogP contribution >= 0.6 is 23.1 Å². The molecule has 1 unspecified atom stereocenters. The molecule has 82 valence electrons. The highest BCUT2D eigenvalue weighted by Crippen LogP contribution is 2.33. The number of rotatable bonds is 2. The van der Waals surface area contributed by atoms with Crippen molar-refractivity contribution in [2.24, 2.45) is 0 Å². The molecule has 0 bridgehead atoms. The van der Waals surface area contributed by atoms with Gasteiger partial charge in [0.05, 0.1) is 5.25 Å². The van der Waals surface area contributed by atoms with Crippen molar-refractivity contribution in [2.45, 2.75) is 18.1 Å². The van der Waals surface area contributed by atoms with Crippen molar-refractivity contribution in [2.75, 3.05) is 5.75 Å². The molecule has 1 aliphatic heterocycles. The third kappa shape index (κ3) is 1.68. The fourth-order valence-corrected chi connectivity index (χ4v) is 4.31. The van der Waals surface area contributed by atoms with Crippen LogP contribution in [0.2, 0.25) is 0 Å². The molecule has 2 aromatic rings. The fraction of sp³-hybridized carbons (Fsp3) is 0.308. The Morgan fingerprint density at radius 2 is 2.19 bits per heavy atom. The summed E-state index contributed by atoms with van der Waals surface area (Å²) >= 11 is 3.48. The maximum Gasteiger partial charge on any atom is 0.177 e. The molecule has 0 aliphatic carbocycles. The predicted octanol–water partition coefficient (Wildman–Crippen LogP) is 3.98. The number of Topliss-reactive ketones (excluding diaryl/α,β-unsaturated/α-hetero) is 1. The van der Waals surface area contributed by atoms with Crippen LogP contribution in [0.5, 0.6) is 0 Å². The summed E-state index contributed by atoms with van der Waals surface area (Å²) in [6.45, 7) is 0. The lowest BCUT2D eigenvalue weighted by Crippen LogP contribution is -2.13. The molecule has 0 radical (unpaired) electrons. The molecule has 1 aromatic carbocycles. The van der Waals surface area contributed by atoms with E-state index < -0.39 is 0 Å². The standard InChI is InChI=1S/C13H12OS2/c14-13(12-6-3-7-15-12)10-8-16-11-5-2-1-4-9(10)11/h1-2,4-5,8,12H,3,6-7H2. The monoisotopic (exact) mass is 248 g/mol. The van der Waals surface area contributed by atoms with Gasteiger partial charge < -0.3 is 0 Å². The number of ketones is 1. The van der Waals surface area contributed by atoms with Crippen LogP contribution in [0.4, 0.5) is 0 Å². The summed E-state index contributed by atoms with van der Waals surface area (Å²) < 4.78 is 1.22. The zero-order valence-corrected chi connectivity index (χ0v) is 10.4. The van der Waals surface area contributed by atoms with E-state index in [1.807, 2.05) is 29.3 Å². The van der Waals surface area contributed by atoms with Gasteiger partial charge in [-0.05, 0) is 24.7 Å². The molecule has 0 saturated carbocycles. The van der Waals surface area contributed by atoms with Crippen molar-refractivity contribution >= 4 is 39.0 Å². The van der Waals surface area contributed by atoms with Gasteiger partial charge >= 0.3 is 0 Å². The Bertz CT molecular complexity index is 523. The van der Waals surface area contributed by atoms with Crippen LogP contribution in [0.25, 0.3) is 10.1 Å². The second-order valence-corrected chi connectivity index (χ2v) is 6.23. The van der Waals surface area contributed by atoms with E-state index in [0.717, 1.165) is 23.1 Å². The first-order chi connectivity index (χ1) is 7.86. The van der Waals surface area contributed by atoms with Crippen molar-refractivity contribution < 1.29 is 4.79 Å². The van der Waals surface area contributed by atoms with Gasteiger partial charge in [0.25, 0.3) is 0 Å². The third-order valence-corrected chi connectivity index (χ3v) is 5.31. The lowest BCUT2D eigenvalue weighted by atomic mass is 10.0. The van der Waals surface area contributed by atoms with Crippen LogP contribution in [0.1, 0.15) is 23.2 Å². The third-order valence-electron chi connectivity index (χ3n) is 2.97. The number of hydrogen-bond donors (Lipinski definition) is 0. The topological polar surface area (TPSA) is 17.1 Å². The molecule has 1 saturated heterocycles. The Balaban J connectivity index is 2.02. The molecule has 1 aliphatic rings. The van der Waals surface area contributed by atoms with Crippen LogP contribution in [-0.2, 0) is 0 Å². The number of thiophene rings is 1. The van der Waals surface area contributed by atoms with E-state index in [1.165, 1.54) is 11.1 Å². The van der Waals surface area contributed by atoms with E-state index in [1.54, 1.807) is 11.3 Å². The SMILES string of the molecule is O=C(c1csc2ccccc12)C1CCCS1. The molecule has 1 nitrogen and oxygen atoms in total. The van der Waals surface area contributed by atoms with E-state index in [9.17, 15) is 4.79 Å². The van der Waals surface area contributed by atoms with Gasteiger partial charge in [-0.2, -0.15) is 11.8 Å². The number of benzene rings is 1. The molecule has 2 heterocycles. The van der Waals surface area contributed by atoms with E-state index in [-0.39, 0.29) is 5.25 Å². The smallest absolute Gasteiger partial charge is 0.177 e. The van der Waals surface area contributed by atoms with E-state index in [2.05, 4.69) is 12.1 Å². The Morgan fingerprint density at radius 1 is 1.31 bits per heavy atom. The molecular formula is C13H12OS2. The Hall–Kier alpha value is -0.800. The van der Waals surface area contributed by atoms with Crippen LogP contribution in [-0.4, -0.2) is 16.8 Å². The highest BCUT2D eigenvalue weighted by molar-refractivity contribution is 8.00. The van der Waals surface area contributed by atoms with E-state index >= 15 is 0 Å². The number of carbonyl (C=O) groups is 1. The molecule has 1 aromatic heterocycles. The van der Waals surface area contributed by atoms with Crippen molar-refractivity contribution in [3.05, 3.63) is 35.2 Å². The summed E-state index contributed by atoms with van der Waals surface area (Å²) in [5, 5.41) is 3.36. The quantitative estimate of drug-likeness (QED) is 0.748. The van der Waals surface area contributed by atoms with Crippen molar-refractivity contribution in [3.8, 4) is 0 Å². The van der Waals surface area contributed by atoms with Crippen molar-refractivity contribution in [1.82, 2.24) is 0 Å². The van der Waals surface area contributed by atoms with Crippen LogP contribution in [0, 0.1) is 0 Å². The summed E-state index contributed by atoms with van der Waals surface area (Å²) in [7, 11) is 0. The largest absolute Gasteiger partial charge is 0.293 e. The molecule has 1 atom stereocenters. The molecule has 3 rings (SSSR count). The number of carbonyl (C=O) groups excluding carboxylic acids is 1. The Labute approximate surface area is 103 Å². The van der Waals surface area contributed by atoms with Gasteiger partial charge in [-0.3, -0.25) is 4.79 Å². The van der Waals surface area contributed by atoms with Gasteiger partial charge in [-0.15, -0.1) is 11.3 Å². The average Bonchev–Trinajstić information content (AvgIpc) is 2.98. The maximum atomic E-state index is 12.3. The highest BCUT2D eigenvalue weighted by atomic mass is 32.2. The normalized spacial score (nSPS) is 20.4. The lowest BCUT2D eigenvalue weighted by molar-refractivity contribution is 0.0990. The molecule has 3 heteroatoms. The van der Waals surface area contributed by atoms with E-state index in [4.69, 9.17) is 0 Å². The summed E-state index contributed by atoms with van der Waals surface area (Å²) in [5.41, 5.74) is 0.931. The van der Waals surface area contributed by atoms with Gasteiger partial charge in [0.15, 0.2) is 5.78 Å².